The van der Waals surface area contributed by atoms with E-state index in [9.17, 15) is 0 Å². The first-order valence-electron chi connectivity index (χ1n) is 16.7. The summed E-state index contributed by atoms with van der Waals surface area (Å²) in [5.41, 5.74) is 10.2. The number of para-hydroxylation sites is 2. The van der Waals surface area contributed by atoms with Crippen LogP contribution in [0.3, 0.4) is 0 Å². The number of hydrogen-bond acceptors (Lipinski definition) is 3. The Labute approximate surface area is 285 Å². The van der Waals surface area contributed by atoms with Crippen molar-refractivity contribution in [2.24, 2.45) is 0 Å². The molecule has 6 aromatic carbocycles. The summed E-state index contributed by atoms with van der Waals surface area (Å²) in [4.78, 5) is 15.1. The Kier molecular flexibility index (Phi) is 7.25. The SMILES string of the molecule is C1=CCC(c2ccccc2-c2nc(-c3ccccc3)nc(-c3ccccc3)n2)C(c2ccc3c(c2)c2ccccc2n3-c2ccccc2)=C1. The molecule has 2 heterocycles. The molecule has 9 rings (SSSR count). The van der Waals surface area contributed by atoms with Crippen molar-refractivity contribution >= 4 is 27.4 Å². The maximum Gasteiger partial charge on any atom is 0.164 e. The smallest absolute Gasteiger partial charge is 0.164 e. The minimum absolute atomic E-state index is 0.123. The molecule has 0 saturated carbocycles. The number of aromatic nitrogens is 4. The molecule has 0 fully saturated rings. The lowest BCUT2D eigenvalue weighted by atomic mass is 9.79. The molecule has 8 aromatic rings. The maximum atomic E-state index is 5.10. The highest BCUT2D eigenvalue weighted by Crippen LogP contribution is 2.43. The first kappa shape index (κ1) is 28.8. The third-order valence-electron chi connectivity index (χ3n) is 9.46. The van der Waals surface area contributed by atoms with E-state index < -0.39 is 0 Å². The fourth-order valence-electron chi connectivity index (χ4n) is 7.16. The van der Waals surface area contributed by atoms with Gasteiger partial charge in [0, 0.05) is 39.1 Å². The number of rotatable bonds is 6. The second kappa shape index (κ2) is 12.3. The van der Waals surface area contributed by atoms with Gasteiger partial charge in [0.05, 0.1) is 11.0 Å². The summed E-state index contributed by atoms with van der Waals surface area (Å²) < 4.78 is 2.37. The monoisotopic (exact) mass is 628 g/mol. The van der Waals surface area contributed by atoms with E-state index in [0.29, 0.717) is 17.5 Å². The highest BCUT2D eigenvalue weighted by Gasteiger charge is 2.25. The molecule has 0 radical (unpaired) electrons. The molecule has 0 bridgehead atoms. The van der Waals surface area contributed by atoms with Crippen LogP contribution in [0.2, 0.25) is 0 Å². The predicted octanol–water partition coefficient (Wildman–Crippen LogP) is 11.1. The van der Waals surface area contributed by atoms with Crippen LogP contribution in [-0.2, 0) is 0 Å². The first-order valence-corrected chi connectivity index (χ1v) is 16.7. The van der Waals surface area contributed by atoms with Crippen molar-refractivity contribution < 1.29 is 0 Å². The van der Waals surface area contributed by atoms with Crippen LogP contribution < -0.4 is 0 Å². The number of benzene rings is 6. The zero-order chi connectivity index (χ0) is 32.6. The largest absolute Gasteiger partial charge is 0.309 e. The Bertz CT molecular complexity index is 2450. The van der Waals surface area contributed by atoms with E-state index in [4.69, 9.17) is 15.0 Å². The third-order valence-corrected chi connectivity index (χ3v) is 9.46. The van der Waals surface area contributed by atoms with E-state index in [0.717, 1.165) is 28.8 Å². The standard InChI is InChI=1S/C45H32N4/c1-4-16-31(17-5-1)43-46-44(32-18-6-2-7-19-32)48-45(47-43)39-26-13-12-24-37(39)36-23-11-10-22-35(36)33-28-29-42-40(30-33)38-25-14-15-27-41(38)49(42)34-20-8-3-9-21-34/h1-22,24-30,36H,23H2. The zero-order valence-electron chi connectivity index (χ0n) is 26.8. The van der Waals surface area contributed by atoms with E-state index in [1.807, 2.05) is 36.4 Å². The average molecular weight is 629 g/mol. The van der Waals surface area contributed by atoms with Crippen LogP contribution in [0.25, 0.3) is 67.2 Å². The molecule has 1 aliphatic carbocycles. The Morgan fingerprint density at radius 3 is 1.82 bits per heavy atom. The van der Waals surface area contributed by atoms with Gasteiger partial charge in [0.15, 0.2) is 17.5 Å². The predicted molar refractivity (Wildman–Crippen MR) is 201 cm³/mol. The maximum absolute atomic E-state index is 5.10. The molecule has 4 heteroatoms. The molecule has 1 atom stereocenters. The van der Waals surface area contributed by atoms with Crippen molar-refractivity contribution in [2.45, 2.75) is 12.3 Å². The lowest BCUT2D eigenvalue weighted by Crippen LogP contribution is -2.08. The summed E-state index contributed by atoms with van der Waals surface area (Å²) in [6.07, 6.45) is 7.62. The van der Waals surface area contributed by atoms with Gasteiger partial charge in [-0.3, -0.25) is 0 Å². The minimum Gasteiger partial charge on any atom is -0.309 e. The summed E-state index contributed by atoms with van der Waals surface area (Å²) in [5.74, 6) is 2.13. The van der Waals surface area contributed by atoms with Gasteiger partial charge in [-0.25, -0.2) is 15.0 Å². The summed E-state index contributed by atoms with van der Waals surface area (Å²) in [7, 11) is 0. The first-order chi connectivity index (χ1) is 24.3. The van der Waals surface area contributed by atoms with Gasteiger partial charge < -0.3 is 4.57 Å². The van der Waals surface area contributed by atoms with E-state index in [1.54, 1.807) is 0 Å². The number of fused-ring (bicyclic) bond motifs is 3. The van der Waals surface area contributed by atoms with Gasteiger partial charge in [0.1, 0.15) is 0 Å². The van der Waals surface area contributed by atoms with Gasteiger partial charge in [-0.2, -0.15) is 0 Å². The fourth-order valence-corrected chi connectivity index (χ4v) is 7.16. The molecule has 0 spiro atoms. The molecule has 1 unspecified atom stereocenters. The van der Waals surface area contributed by atoms with Gasteiger partial charge in [-0.05, 0) is 53.5 Å². The zero-order valence-corrected chi connectivity index (χ0v) is 26.8. The van der Waals surface area contributed by atoms with E-state index >= 15 is 0 Å². The number of hydrogen-bond donors (Lipinski definition) is 0. The van der Waals surface area contributed by atoms with E-state index in [2.05, 4.69) is 144 Å². The van der Waals surface area contributed by atoms with Crippen LogP contribution in [0.5, 0.6) is 0 Å². The second-order valence-corrected chi connectivity index (χ2v) is 12.4. The highest BCUT2D eigenvalue weighted by molar-refractivity contribution is 6.10. The van der Waals surface area contributed by atoms with Crippen LogP contribution in [0.4, 0.5) is 0 Å². The van der Waals surface area contributed by atoms with Crippen molar-refractivity contribution in [1.82, 2.24) is 19.5 Å². The molecule has 2 aromatic heterocycles. The lowest BCUT2D eigenvalue weighted by molar-refractivity contribution is 0.873. The van der Waals surface area contributed by atoms with Crippen molar-refractivity contribution in [3.63, 3.8) is 0 Å². The molecule has 0 amide bonds. The number of allylic oxidation sites excluding steroid dienone is 4. The minimum atomic E-state index is 0.123. The Hall–Kier alpha value is -6.39. The van der Waals surface area contributed by atoms with Crippen molar-refractivity contribution in [2.75, 3.05) is 0 Å². The second-order valence-electron chi connectivity index (χ2n) is 12.4. The summed E-state index contributed by atoms with van der Waals surface area (Å²) in [6, 6.07) is 55.2. The molecule has 232 valence electrons. The van der Waals surface area contributed by atoms with Crippen LogP contribution in [0.1, 0.15) is 23.5 Å². The molecule has 0 N–H and O–H groups in total. The molecular formula is C45H32N4. The van der Waals surface area contributed by atoms with Gasteiger partial charge in [0.25, 0.3) is 0 Å². The fraction of sp³-hybridized carbons (Fsp3) is 0.0444. The van der Waals surface area contributed by atoms with Gasteiger partial charge in [0.2, 0.25) is 0 Å². The summed E-state index contributed by atoms with van der Waals surface area (Å²) in [6.45, 7) is 0. The number of nitrogens with zero attached hydrogens (tertiary/aromatic N) is 4. The Morgan fingerprint density at radius 1 is 0.490 bits per heavy atom. The third kappa shape index (κ3) is 5.24. The van der Waals surface area contributed by atoms with Crippen LogP contribution >= 0.6 is 0 Å². The molecule has 1 aliphatic rings. The summed E-state index contributed by atoms with van der Waals surface area (Å²) >= 11 is 0. The summed E-state index contributed by atoms with van der Waals surface area (Å²) in [5, 5.41) is 2.50. The van der Waals surface area contributed by atoms with E-state index in [-0.39, 0.29) is 5.92 Å². The molecule has 0 aliphatic heterocycles. The van der Waals surface area contributed by atoms with Crippen molar-refractivity contribution in [3.8, 4) is 39.9 Å². The molecular weight excluding hydrogens is 597 g/mol. The molecule has 4 nitrogen and oxygen atoms in total. The van der Waals surface area contributed by atoms with Crippen molar-refractivity contribution in [3.05, 3.63) is 187 Å². The van der Waals surface area contributed by atoms with Gasteiger partial charge in [-0.1, -0.05) is 146 Å². The molecule has 49 heavy (non-hydrogen) atoms. The normalized spacial score (nSPS) is 14.3. The van der Waals surface area contributed by atoms with E-state index in [1.165, 1.54) is 38.5 Å². The van der Waals surface area contributed by atoms with Gasteiger partial charge in [-0.15, -0.1) is 0 Å². The quantitative estimate of drug-likeness (QED) is 0.184. The van der Waals surface area contributed by atoms with Crippen LogP contribution in [-0.4, -0.2) is 19.5 Å². The van der Waals surface area contributed by atoms with Gasteiger partial charge >= 0.3 is 0 Å². The van der Waals surface area contributed by atoms with Crippen molar-refractivity contribution in [1.29, 1.82) is 0 Å². The van der Waals surface area contributed by atoms with Crippen LogP contribution in [0.15, 0.2) is 176 Å². The Balaban J connectivity index is 1.18. The average Bonchev–Trinajstić information content (AvgIpc) is 3.52. The topological polar surface area (TPSA) is 43.6 Å². The molecule has 0 saturated heterocycles. The lowest BCUT2D eigenvalue weighted by Gasteiger charge is -2.25. The Morgan fingerprint density at radius 2 is 1.08 bits per heavy atom. The van der Waals surface area contributed by atoms with Crippen LogP contribution in [0, 0.1) is 0 Å². The highest BCUT2D eigenvalue weighted by atomic mass is 15.0.